The van der Waals surface area contributed by atoms with E-state index in [1.807, 2.05) is 17.5 Å². The fourth-order valence-corrected chi connectivity index (χ4v) is 2.92. The Morgan fingerprint density at radius 2 is 2.23 bits per heavy atom. The molecule has 0 atom stereocenters. The minimum absolute atomic E-state index is 0.00497. The number of hydrogen-bond acceptors (Lipinski definition) is 4. The summed E-state index contributed by atoms with van der Waals surface area (Å²) in [5.74, 6) is 0.550. The lowest BCUT2D eigenvalue weighted by Crippen LogP contribution is -2.02. The summed E-state index contributed by atoms with van der Waals surface area (Å²) in [5, 5.41) is 11.5. The van der Waals surface area contributed by atoms with Crippen LogP contribution in [-0.4, -0.2) is 22.7 Å². The van der Waals surface area contributed by atoms with Gasteiger partial charge in [0.25, 0.3) is 0 Å². The van der Waals surface area contributed by atoms with Gasteiger partial charge in [-0.15, -0.1) is 11.3 Å². The highest BCUT2D eigenvalue weighted by Gasteiger charge is 2.06. The first-order valence-electron chi connectivity index (χ1n) is 7.42. The predicted molar refractivity (Wildman–Crippen MR) is 87.8 cm³/mol. The summed E-state index contributed by atoms with van der Waals surface area (Å²) in [6.07, 6.45) is 1.68. The monoisotopic (exact) mass is 319 g/mol. The van der Waals surface area contributed by atoms with Crippen molar-refractivity contribution >= 4 is 17.3 Å². The highest BCUT2D eigenvalue weighted by atomic mass is 32.1. The van der Waals surface area contributed by atoms with Crippen LogP contribution in [0.4, 0.5) is 0 Å². The Balaban J connectivity index is 1.76. The zero-order chi connectivity index (χ0) is 15.9. The third-order valence-corrected chi connectivity index (χ3v) is 4.22. The van der Waals surface area contributed by atoms with Crippen molar-refractivity contribution in [2.45, 2.75) is 39.0 Å². The van der Waals surface area contributed by atoms with Crippen molar-refractivity contribution in [3.63, 3.8) is 0 Å². The van der Waals surface area contributed by atoms with Gasteiger partial charge in [-0.1, -0.05) is 26.0 Å². The van der Waals surface area contributed by atoms with Gasteiger partial charge in [-0.05, 0) is 30.0 Å². The maximum atomic E-state index is 10.6. The predicted octanol–water partition coefficient (Wildman–Crippen LogP) is 3.91. The molecule has 0 saturated carbocycles. The summed E-state index contributed by atoms with van der Waals surface area (Å²) in [5.41, 5.74) is 1.91. The van der Waals surface area contributed by atoms with Crippen LogP contribution in [0.1, 0.15) is 42.5 Å². The maximum absolute atomic E-state index is 10.6. The molecule has 22 heavy (non-hydrogen) atoms. The van der Waals surface area contributed by atoms with Gasteiger partial charge in [0.05, 0.1) is 23.7 Å². The van der Waals surface area contributed by atoms with Crippen LogP contribution in [0.3, 0.4) is 0 Å². The third-order valence-electron chi connectivity index (χ3n) is 3.26. The molecule has 0 aliphatic carbocycles. The Morgan fingerprint density at radius 1 is 1.41 bits per heavy atom. The first-order valence-corrected chi connectivity index (χ1v) is 8.30. The van der Waals surface area contributed by atoms with E-state index in [2.05, 4.69) is 31.0 Å². The number of nitrogens with zero attached hydrogens (tertiary/aromatic N) is 1. The van der Waals surface area contributed by atoms with Gasteiger partial charge in [-0.3, -0.25) is 4.79 Å². The van der Waals surface area contributed by atoms with E-state index >= 15 is 0 Å². The van der Waals surface area contributed by atoms with Crippen molar-refractivity contribution in [2.24, 2.45) is 0 Å². The molecule has 0 fully saturated rings. The van der Waals surface area contributed by atoms with E-state index in [1.54, 1.807) is 0 Å². The highest BCUT2D eigenvalue weighted by Crippen LogP contribution is 2.20. The van der Waals surface area contributed by atoms with Crippen molar-refractivity contribution in [2.75, 3.05) is 6.61 Å². The second-order valence-corrected chi connectivity index (χ2v) is 6.42. The van der Waals surface area contributed by atoms with Crippen LogP contribution in [-0.2, 0) is 17.6 Å². The molecule has 0 aliphatic rings. The number of carboxylic acid groups (broad SMARTS) is 1. The van der Waals surface area contributed by atoms with Crippen LogP contribution >= 0.6 is 11.3 Å². The summed E-state index contributed by atoms with van der Waals surface area (Å²) in [6, 6.07) is 8.18. The van der Waals surface area contributed by atoms with Gasteiger partial charge in [0.2, 0.25) is 0 Å². The zero-order valence-electron chi connectivity index (χ0n) is 12.9. The van der Waals surface area contributed by atoms with Crippen molar-refractivity contribution in [1.82, 2.24) is 4.98 Å². The number of carboxylic acids is 1. The molecule has 1 heterocycles. The summed E-state index contributed by atoms with van der Waals surface area (Å²) in [7, 11) is 0. The van der Waals surface area contributed by atoms with Gasteiger partial charge in [0.15, 0.2) is 0 Å². The van der Waals surface area contributed by atoms with Crippen LogP contribution in [0.5, 0.6) is 5.75 Å². The van der Waals surface area contributed by atoms with Crippen LogP contribution in [0.15, 0.2) is 29.6 Å². The number of aliphatic carboxylic acids is 1. The quantitative estimate of drug-likeness (QED) is 0.750. The molecule has 0 spiro atoms. The normalized spacial score (nSPS) is 10.9. The van der Waals surface area contributed by atoms with E-state index in [0.717, 1.165) is 23.6 Å². The van der Waals surface area contributed by atoms with Crippen molar-refractivity contribution in [3.05, 3.63) is 45.9 Å². The number of aromatic nitrogens is 1. The van der Waals surface area contributed by atoms with Gasteiger partial charge < -0.3 is 9.84 Å². The fraction of sp³-hybridized carbons (Fsp3) is 0.412. The molecular formula is C17H21NO3S. The van der Waals surface area contributed by atoms with Crippen molar-refractivity contribution in [1.29, 1.82) is 0 Å². The second-order valence-electron chi connectivity index (χ2n) is 5.48. The first-order chi connectivity index (χ1) is 10.5. The summed E-state index contributed by atoms with van der Waals surface area (Å²) in [6.45, 7) is 4.96. The topological polar surface area (TPSA) is 59.4 Å². The van der Waals surface area contributed by atoms with E-state index < -0.39 is 5.97 Å². The Bertz CT molecular complexity index is 622. The molecule has 2 rings (SSSR count). The molecule has 0 radical (unpaired) electrons. The van der Waals surface area contributed by atoms with Gasteiger partial charge >= 0.3 is 5.97 Å². The minimum atomic E-state index is -0.842. The Morgan fingerprint density at radius 3 is 2.95 bits per heavy atom. The Labute approximate surface area is 134 Å². The molecule has 0 saturated heterocycles. The van der Waals surface area contributed by atoms with Gasteiger partial charge in [0, 0.05) is 11.8 Å². The minimum Gasteiger partial charge on any atom is -0.494 e. The lowest BCUT2D eigenvalue weighted by atomic mass is 10.0. The molecule has 0 unspecified atom stereocenters. The van der Waals surface area contributed by atoms with Crippen LogP contribution in [0.2, 0.25) is 0 Å². The summed E-state index contributed by atoms with van der Waals surface area (Å²) in [4.78, 5) is 14.9. The van der Waals surface area contributed by atoms with Gasteiger partial charge in [-0.25, -0.2) is 4.98 Å². The number of hydrogen-bond donors (Lipinski definition) is 1. The fourth-order valence-electron chi connectivity index (χ4n) is 2.08. The van der Waals surface area contributed by atoms with E-state index in [0.29, 0.717) is 18.2 Å². The molecule has 1 aromatic carbocycles. The standard InChI is InChI=1S/C17H21NO3S/c1-12(2)13-5-3-6-15(9-13)21-8-4-7-16-18-14(11-22-16)10-17(19)20/h3,5-6,9,11-12H,4,7-8,10H2,1-2H3,(H,19,20). The van der Waals surface area contributed by atoms with Gasteiger partial charge in [0.1, 0.15) is 5.75 Å². The Hall–Kier alpha value is -1.88. The summed E-state index contributed by atoms with van der Waals surface area (Å²) < 4.78 is 5.77. The number of rotatable bonds is 8. The number of benzene rings is 1. The van der Waals surface area contributed by atoms with Crippen LogP contribution < -0.4 is 4.74 Å². The Kier molecular flexibility index (Phi) is 5.95. The molecule has 2 aromatic rings. The number of carbonyl (C=O) groups is 1. The van der Waals surface area contributed by atoms with Crippen molar-refractivity contribution < 1.29 is 14.6 Å². The lowest BCUT2D eigenvalue weighted by molar-refractivity contribution is -0.136. The van der Waals surface area contributed by atoms with Crippen LogP contribution in [0.25, 0.3) is 0 Å². The van der Waals surface area contributed by atoms with E-state index in [-0.39, 0.29) is 6.42 Å². The molecule has 4 nitrogen and oxygen atoms in total. The first kappa shape index (κ1) is 16.5. The smallest absolute Gasteiger partial charge is 0.309 e. The zero-order valence-corrected chi connectivity index (χ0v) is 13.7. The molecule has 0 amide bonds. The van der Waals surface area contributed by atoms with E-state index in [9.17, 15) is 4.79 Å². The molecular weight excluding hydrogens is 298 g/mol. The average molecular weight is 319 g/mol. The third kappa shape index (κ3) is 5.15. The average Bonchev–Trinajstić information content (AvgIpc) is 2.90. The molecule has 5 heteroatoms. The van der Waals surface area contributed by atoms with Crippen LogP contribution in [0, 0.1) is 0 Å². The maximum Gasteiger partial charge on any atom is 0.309 e. The van der Waals surface area contributed by atoms with E-state index in [1.165, 1.54) is 16.9 Å². The number of aryl methyl sites for hydroxylation is 1. The number of thiazole rings is 1. The molecule has 1 aromatic heterocycles. The molecule has 0 aliphatic heterocycles. The summed E-state index contributed by atoms with van der Waals surface area (Å²) >= 11 is 1.51. The highest BCUT2D eigenvalue weighted by molar-refractivity contribution is 7.09. The largest absolute Gasteiger partial charge is 0.494 e. The second kappa shape index (κ2) is 7.94. The lowest BCUT2D eigenvalue weighted by Gasteiger charge is -2.09. The van der Waals surface area contributed by atoms with Gasteiger partial charge in [-0.2, -0.15) is 0 Å². The molecule has 1 N–H and O–H groups in total. The molecule has 118 valence electrons. The van der Waals surface area contributed by atoms with E-state index in [4.69, 9.17) is 9.84 Å². The van der Waals surface area contributed by atoms with Crippen molar-refractivity contribution in [3.8, 4) is 5.75 Å². The number of ether oxygens (including phenoxy) is 1. The molecule has 0 bridgehead atoms. The SMILES string of the molecule is CC(C)c1cccc(OCCCc2nc(CC(=O)O)cs2)c1.